The van der Waals surface area contributed by atoms with Crippen LogP contribution in [0.15, 0.2) is 18.2 Å². The van der Waals surface area contributed by atoms with Crippen molar-refractivity contribution < 1.29 is 9.59 Å². The van der Waals surface area contributed by atoms with Crippen molar-refractivity contribution in [2.24, 2.45) is 0 Å². The topological polar surface area (TPSA) is 73.5 Å². The zero-order valence-electron chi connectivity index (χ0n) is 13.7. The van der Waals surface area contributed by atoms with Gasteiger partial charge in [0.1, 0.15) is 0 Å². The van der Waals surface area contributed by atoms with Crippen LogP contribution in [0.4, 0.5) is 10.5 Å². The number of carbonyl (C=O) groups excluding carboxylic acids is 2. The molecule has 1 aromatic rings. The number of hydrogen-bond donors (Lipinski definition) is 3. The second-order valence-electron chi connectivity index (χ2n) is 5.27. The number of carbonyl (C=O) groups is 2. The minimum absolute atomic E-state index is 0. The fourth-order valence-corrected chi connectivity index (χ4v) is 1.63. The number of nitrogens with one attached hydrogen (secondary N) is 3. The molecule has 6 nitrogen and oxygen atoms in total. The second kappa shape index (κ2) is 9.27. The number of halogens is 1. The first-order chi connectivity index (χ1) is 9.85. The van der Waals surface area contributed by atoms with Gasteiger partial charge in [-0.25, -0.2) is 4.79 Å². The van der Waals surface area contributed by atoms with Crippen LogP contribution in [-0.4, -0.2) is 50.6 Å². The standard InChI is InChI=1S/C15H24N4O2.ClH/c1-10-6-7-13(18-15(21)19(4)5)12(8-10)14(20)17-9-11(2)16-3;/h6-8,11,16H,9H2,1-5H3,(H,17,20)(H,18,21);1H. The van der Waals surface area contributed by atoms with Crippen LogP contribution >= 0.6 is 12.4 Å². The molecule has 0 aliphatic rings. The molecule has 3 amide bonds. The number of likely N-dealkylation sites (N-methyl/N-ethyl adjacent to an activating group) is 1. The first kappa shape index (κ1) is 20.2. The summed E-state index contributed by atoms with van der Waals surface area (Å²) < 4.78 is 0. The molecule has 22 heavy (non-hydrogen) atoms. The minimum atomic E-state index is -0.267. The van der Waals surface area contributed by atoms with Gasteiger partial charge in [0.05, 0.1) is 11.3 Å². The molecule has 124 valence electrons. The van der Waals surface area contributed by atoms with Gasteiger partial charge < -0.3 is 20.9 Å². The lowest BCUT2D eigenvalue weighted by Crippen LogP contribution is -2.37. The minimum Gasteiger partial charge on any atom is -0.350 e. The van der Waals surface area contributed by atoms with E-state index in [1.807, 2.05) is 27.0 Å². The number of anilines is 1. The van der Waals surface area contributed by atoms with Gasteiger partial charge in [-0.15, -0.1) is 12.4 Å². The first-order valence-electron chi connectivity index (χ1n) is 6.89. The van der Waals surface area contributed by atoms with Crippen LogP contribution in [0.5, 0.6) is 0 Å². The number of hydrogen-bond acceptors (Lipinski definition) is 3. The summed E-state index contributed by atoms with van der Waals surface area (Å²) in [4.78, 5) is 25.5. The number of urea groups is 1. The van der Waals surface area contributed by atoms with Gasteiger partial charge in [0.15, 0.2) is 0 Å². The maximum Gasteiger partial charge on any atom is 0.321 e. The number of amides is 3. The van der Waals surface area contributed by atoms with Crippen molar-refractivity contribution in [1.29, 1.82) is 0 Å². The van der Waals surface area contributed by atoms with E-state index in [1.54, 1.807) is 26.2 Å². The van der Waals surface area contributed by atoms with E-state index in [9.17, 15) is 9.59 Å². The lowest BCUT2D eigenvalue weighted by Gasteiger charge is -2.16. The van der Waals surface area contributed by atoms with Gasteiger partial charge >= 0.3 is 6.03 Å². The Bertz CT molecular complexity index is 520. The Kier molecular flexibility index (Phi) is 8.52. The maximum atomic E-state index is 12.3. The molecule has 0 saturated carbocycles. The van der Waals surface area contributed by atoms with Crippen molar-refractivity contribution in [2.75, 3.05) is 33.0 Å². The van der Waals surface area contributed by atoms with E-state index in [1.165, 1.54) is 4.90 Å². The number of rotatable bonds is 5. The molecule has 1 rings (SSSR count). The number of aryl methyl sites for hydroxylation is 1. The summed E-state index contributed by atoms with van der Waals surface area (Å²) in [7, 11) is 5.14. The summed E-state index contributed by atoms with van der Waals surface area (Å²) in [6.07, 6.45) is 0. The normalized spacial score (nSPS) is 11.1. The average molecular weight is 329 g/mol. The van der Waals surface area contributed by atoms with Crippen molar-refractivity contribution in [1.82, 2.24) is 15.5 Å². The fraction of sp³-hybridized carbons (Fsp3) is 0.467. The quantitative estimate of drug-likeness (QED) is 0.772. The van der Waals surface area contributed by atoms with Crippen molar-refractivity contribution >= 4 is 30.0 Å². The van der Waals surface area contributed by atoms with Gasteiger partial charge in [0, 0.05) is 26.7 Å². The van der Waals surface area contributed by atoms with E-state index in [4.69, 9.17) is 0 Å². The Hall–Kier alpha value is -1.79. The average Bonchev–Trinajstić information content (AvgIpc) is 2.45. The predicted molar refractivity (Wildman–Crippen MR) is 92.0 cm³/mol. The van der Waals surface area contributed by atoms with Crippen molar-refractivity contribution in [3.8, 4) is 0 Å². The van der Waals surface area contributed by atoms with E-state index >= 15 is 0 Å². The van der Waals surface area contributed by atoms with Crippen LogP contribution in [0.25, 0.3) is 0 Å². The molecule has 0 aliphatic carbocycles. The maximum absolute atomic E-state index is 12.3. The summed E-state index contributed by atoms with van der Waals surface area (Å²) in [6, 6.07) is 5.28. The Balaban J connectivity index is 0.00000441. The molecular weight excluding hydrogens is 304 g/mol. The van der Waals surface area contributed by atoms with Gasteiger partial charge in [-0.3, -0.25) is 4.79 Å². The highest BCUT2D eigenvalue weighted by molar-refractivity contribution is 6.03. The van der Waals surface area contributed by atoms with E-state index in [0.29, 0.717) is 17.8 Å². The monoisotopic (exact) mass is 328 g/mol. The lowest BCUT2D eigenvalue weighted by atomic mass is 10.1. The van der Waals surface area contributed by atoms with Crippen LogP contribution in [0.1, 0.15) is 22.8 Å². The summed E-state index contributed by atoms with van der Waals surface area (Å²) in [5.41, 5.74) is 1.94. The molecule has 1 unspecified atom stereocenters. The Morgan fingerprint density at radius 2 is 1.91 bits per heavy atom. The Morgan fingerprint density at radius 3 is 2.45 bits per heavy atom. The largest absolute Gasteiger partial charge is 0.350 e. The van der Waals surface area contributed by atoms with Crippen LogP contribution in [-0.2, 0) is 0 Å². The van der Waals surface area contributed by atoms with Crippen molar-refractivity contribution in [2.45, 2.75) is 19.9 Å². The van der Waals surface area contributed by atoms with E-state index < -0.39 is 0 Å². The highest BCUT2D eigenvalue weighted by atomic mass is 35.5. The third-order valence-corrected chi connectivity index (χ3v) is 3.13. The third-order valence-electron chi connectivity index (χ3n) is 3.13. The van der Waals surface area contributed by atoms with Crippen molar-refractivity contribution in [3.63, 3.8) is 0 Å². The first-order valence-corrected chi connectivity index (χ1v) is 6.89. The van der Waals surface area contributed by atoms with E-state index in [2.05, 4.69) is 16.0 Å². The van der Waals surface area contributed by atoms with Gasteiger partial charge in [0.2, 0.25) is 0 Å². The molecule has 0 fully saturated rings. The van der Waals surface area contributed by atoms with Gasteiger partial charge in [-0.05, 0) is 33.0 Å². The van der Waals surface area contributed by atoms with Crippen LogP contribution in [0.2, 0.25) is 0 Å². The Morgan fingerprint density at radius 1 is 1.27 bits per heavy atom. The molecule has 0 radical (unpaired) electrons. The molecule has 0 spiro atoms. The molecule has 0 aromatic heterocycles. The molecule has 0 aliphatic heterocycles. The number of benzene rings is 1. The lowest BCUT2D eigenvalue weighted by molar-refractivity contribution is 0.0951. The smallest absolute Gasteiger partial charge is 0.321 e. The Labute approximate surface area is 138 Å². The highest BCUT2D eigenvalue weighted by Gasteiger charge is 2.15. The zero-order chi connectivity index (χ0) is 16.0. The molecule has 0 bridgehead atoms. The molecule has 0 heterocycles. The van der Waals surface area contributed by atoms with Crippen LogP contribution < -0.4 is 16.0 Å². The summed E-state index contributed by atoms with van der Waals surface area (Å²) >= 11 is 0. The van der Waals surface area contributed by atoms with Gasteiger partial charge in [0.25, 0.3) is 5.91 Å². The summed E-state index contributed by atoms with van der Waals surface area (Å²) in [5.74, 6) is -0.199. The van der Waals surface area contributed by atoms with E-state index in [0.717, 1.165) is 5.56 Å². The molecule has 3 N–H and O–H groups in total. The highest BCUT2D eigenvalue weighted by Crippen LogP contribution is 2.17. The van der Waals surface area contributed by atoms with E-state index in [-0.39, 0.29) is 30.4 Å². The second-order valence-corrected chi connectivity index (χ2v) is 5.27. The van der Waals surface area contributed by atoms with Crippen LogP contribution in [0, 0.1) is 6.92 Å². The van der Waals surface area contributed by atoms with Gasteiger partial charge in [-0.2, -0.15) is 0 Å². The molecule has 7 heteroatoms. The SMILES string of the molecule is CNC(C)CNC(=O)c1cc(C)ccc1NC(=O)N(C)C.Cl. The van der Waals surface area contributed by atoms with Crippen molar-refractivity contribution in [3.05, 3.63) is 29.3 Å². The van der Waals surface area contributed by atoms with Crippen LogP contribution in [0.3, 0.4) is 0 Å². The summed E-state index contributed by atoms with van der Waals surface area (Å²) in [6.45, 7) is 4.40. The fourth-order valence-electron chi connectivity index (χ4n) is 1.63. The third kappa shape index (κ3) is 5.91. The molecule has 1 atom stereocenters. The zero-order valence-corrected chi connectivity index (χ0v) is 14.5. The van der Waals surface area contributed by atoms with Gasteiger partial charge in [-0.1, -0.05) is 11.6 Å². The predicted octanol–water partition coefficient (Wildman–Crippen LogP) is 1.85. The molecule has 1 aromatic carbocycles. The molecular formula is C15H25ClN4O2. The number of nitrogens with zero attached hydrogens (tertiary/aromatic N) is 1. The summed E-state index contributed by atoms with van der Waals surface area (Å²) in [5, 5.41) is 8.64. The molecule has 0 saturated heterocycles.